The number of hydrogen-bond acceptors (Lipinski definition) is 2. The van der Waals surface area contributed by atoms with E-state index >= 15 is 0 Å². The van der Waals surface area contributed by atoms with Gasteiger partial charge < -0.3 is 11.1 Å². The topological polar surface area (TPSA) is 55.1 Å². The zero-order valence-electron chi connectivity index (χ0n) is 9.09. The predicted molar refractivity (Wildman–Crippen MR) is 55.2 cm³/mol. The number of benzene rings is 1. The molecule has 3 nitrogen and oxygen atoms in total. The molecule has 0 radical (unpaired) electrons. The van der Waals surface area contributed by atoms with Gasteiger partial charge in [0, 0.05) is 17.6 Å². The van der Waals surface area contributed by atoms with E-state index in [1.54, 1.807) is 0 Å². The molecule has 0 aromatic heterocycles. The average Bonchev–Trinajstić information content (AvgIpc) is 2.93. The highest BCUT2D eigenvalue weighted by Gasteiger charge is 2.37. The van der Waals surface area contributed by atoms with Crippen LogP contribution in [0.2, 0.25) is 0 Å². The van der Waals surface area contributed by atoms with Crippen LogP contribution in [0.25, 0.3) is 0 Å². The van der Waals surface area contributed by atoms with Crippen molar-refractivity contribution in [2.45, 2.75) is 24.7 Å². The van der Waals surface area contributed by atoms with Crippen molar-refractivity contribution in [1.82, 2.24) is 5.32 Å². The number of rotatable bonds is 2. The van der Waals surface area contributed by atoms with Crippen molar-refractivity contribution in [2.24, 2.45) is 5.73 Å². The zero-order valence-corrected chi connectivity index (χ0v) is 9.09. The summed E-state index contributed by atoms with van der Waals surface area (Å²) in [5.74, 6) is -2.08. The molecule has 0 aliphatic heterocycles. The van der Waals surface area contributed by atoms with Gasteiger partial charge in [-0.15, -0.1) is 0 Å². The molecule has 1 aromatic rings. The van der Waals surface area contributed by atoms with Gasteiger partial charge in [-0.1, -0.05) is 0 Å². The molecule has 18 heavy (non-hydrogen) atoms. The maximum Gasteiger partial charge on any atom is 0.419 e. The molecule has 0 saturated heterocycles. The molecule has 2 atom stereocenters. The summed E-state index contributed by atoms with van der Waals surface area (Å²) in [6.45, 7) is 0. The number of halogens is 4. The van der Waals surface area contributed by atoms with Gasteiger partial charge in [-0.05, 0) is 24.6 Å². The fraction of sp³-hybridized carbons (Fsp3) is 0.364. The molecule has 1 aromatic carbocycles. The van der Waals surface area contributed by atoms with E-state index in [2.05, 4.69) is 5.32 Å². The summed E-state index contributed by atoms with van der Waals surface area (Å²) >= 11 is 0. The minimum Gasteiger partial charge on any atom is -0.348 e. The summed E-state index contributed by atoms with van der Waals surface area (Å²) in [5.41, 5.74) is 3.78. The van der Waals surface area contributed by atoms with Crippen LogP contribution in [0.5, 0.6) is 0 Å². The summed E-state index contributed by atoms with van der Waals surface area (Å²) in [5, 5.41) is 2.46. The number of amides is 1. The first-order valence-electron chi connectivity index (χ1n) is 5.22. The van der Waals surface area contributed by atoms with Crippen LogP contribution in [-0.4, -0.2) is 18.0 Å². The lowest BCUT2D eigenvalue weighted by molar-refractivity contribution is -0.140. The average molecular weight is 262 g/mol. The van der Waals surface area contributed by atoms with E-state index in [0.29, 0.717) is 18.6 Å². The lowest BCUT2D eigenvalue weighted by atomic mass is 10.1. The highest BCUT2D eigenvalue weighted by atomic mass is 19.4. The molecular weight excluding hydrogens is 252 g/mol. The van der Waals surface area contributed by atoms with Gasteiger partial charge in [-0.3, -0.25) is 4.79 Å². The molecule has 7 heteroatoms. The van der Waals surface area contributed by atoms with Crippen molar-refractivity contribution in [2.75, 3.05) is 0 Å². The van der Waals surface area contributed by atoms with Crippen LogP contribution >= 0.6 is 0 Å². The first-order chi connectivity index (χ1) is 8.29. The van der Waals surface area contributed by atoms with Crippen molar-refractivity contribution in [3.63, 3.8) is 0 Å². The molecule has 2 rings (SSSR count). The SMILES string of the molecule is NC1CC1NC(=O)c1ccc(F)c(C(F)(F)F)c1. The summed E-state index contributed by atoms with van der Waals surface area (Å²) in [6, 6.07) is 1.77. The number of carbonyl (C=O) groups excluding carboxylic acids is 1. The number of carbonyl (C=O) groups is 1. The van der Waals surface area contributed by atoms with Crippen LogP contribution in [0.4, 0.5) is 17.6 Å². The van der Waals surface area contributed by atoms with Crippen LogP contribution in [0.1, 0.15) is 22.3 Å². The van der Waals surface area contributed by atoms with Crippen molar-refractivity contribution in [3.05, 3.63) is 35.1 Å². The van der Waals surface area contributed by atoms with Crippen LogP contribution in [0.15, 0.2) is 18.2 Å². The Bertz CT molecular complexity index is 486. The van der Waals surface area contributed by atoms with Crippen molar-refractivity contribution in [1.29, 1.82) is 0 Å². The summed E-state index contributed by atoms with van der Waals surface area (Å²) in [6.07, 6.45) is -4.23. The third-order valence-electron chi connectivity index (χ3n) is 2.69. The molecule has 2 unspecified atom stereocenters. The minimum absolute atomic E-state index is 0.156. The largest absolute Gasteiger partial charge is 0.419 e. The molecule has 1 amide bonds. The normalized spacial score (nSPS) is 22.7. The Kier molecular flexibility index (Phi) is 3.02. The quantitative estimate of drug-likeness (QED) is 0.797. The van der Waals surface area contributed by atoms with Crippen LogP contribution in [-0.2, 0) is 6.18 Å². The van der Waals surface area contributed by atoms with Crippen molar-refractivity contribution >= 4 is 5.91 Å². The third-order valence-corrected chi connectivity index (χ3v) is 2.69. The summed E-state index contributed by atoms with van der Waals surface area (Å²) < 4.78 is 50.3. The fourth-order valence-corrected chi connectivity index (χ4v) is 1.52. The Morgan fingerprint density at radius 3 is 2.50 bits per heavy atom. The van der Waals surface area contributed by atoms with Gasteiger partial charge >= 0.3 is 6.18 Å². The van der Waals surface area contributed by atoms with Crippen molar-refractivity contribution in [3.8, 4) is 0 Å². The Hall–Kier alpha value is -1.63. The van der Waals surface area contributed by atoms with E-state index in [4.69, 9.17) is 5.73 Å². The molecule has 1 aliphatic carbocycles. The molecule has 0 bridgehead atoms. The maximum absolute atomic E-state index is 13.0. The Balaban J connectivity index is 2.21. The van der Waals surface area contributed by atoms with E-state index in [-0.39, 0.29) is 17.6 Å². The lowest BCUT2D eigenvalue weighted by Gasteiger charge is -2.10. The smallest absolute Gasteiger partial charge is 0.348 e. The maximum atomic E-state index is 13.0. The highest BCUT2D eigenvalue weighted by Crippen LogP contribution is 2.32. The van der Waals surface area contributed by atoms with Crippen LogP contribution in [0, 0.1) is 5.82 Å². The van der Waals surface area contributed by atoms with E-state index in [1.165, 1.54) is 0 Å². The van der Waals surface area contributed by atoms with Crippen molar-refractivity contribution < 1.29 is 22.4 Å². The fourth-order valence-electron chi connectivity index (χ4n) is 1.52. The van der Waals surface area contributed by atoms with Gasteiger partial charge in [0.15, 0.2) is 0 Å². The van der Waals surface area contributed by atoms with Crippen LogP contribution in [0.3, 0.4) is 0 Å². The summed E-state index contributed by atoms with van der Waals surface area (Å²) in [4.78, 5) is 11.6. The highest BCUT2D eigenvalue weighted by molar-refractivity contribution is 5.94. The Morgan fingerprint density at radius 2 is 2.00 bits per heavy atom. The number of alkyl halides is 3. The van der Waals surface area contributed by atoms with Gasteiger partial charge in [0.05, 0.1) is 5.56 Å². The van der Waals surface area contributed by atoms with E-state index < -0.39 is 23.5 Å². The molecule has 1 aliphatic rings. The monoisotopic (exact) mass is 262 g/mol. The molecule has 98 valence electrons. The van der Waals surface area contributed by atoms with E-state index in [9.17, 15) is 22.4 Å². The zero-order chi connectivity index (χ0) is 13.5. The first kappa shape index (κ1) is 12.8. The molecular formula is C11H10F4N2O. The van der Waals surface area contributed by atoms with Gasteiger partial charge in [0.1, 0.15) is 5.82 Å². The second-order valence-electron chi connectivity index (χ2n) is 4.17. The Morgan fingerprint density at radius 1 is 1.39 bits per heavy atom. The van der Waals surface area contributed by atoms with Gasteiger partial charge in [0.2, 0.25) is 0 Å². The lowest BCUT2D eigenvalue weighted by Crippen LogP contribution is -2.29. The second kappa shape index (κ2) is 4.24. The van der Waals surface area contributed by atoms with Gasteiger partial charge in [-0.2, -0.15) is 13.2 Å². The number of nitrogens with two attached hydrogens (primary N) is 1. The third kappa shape index (κ3) is 2.61. The minimum atomic E-state index is -4.82. The standard InChI is InChI=1S/C11H10F4N2O/c12-7-2-1-5(3-6(7)11(13,14)15)10(18)17-9-4-8(9)16/h1-3,8-9H,4,16H2,(H,17,18). The number of nitrogens with one attached hydrogen (secondary N) is 1. The predicted octanol–water partition coefficient (Wildman–Crippen LogP) is 1.67. The Labute approximate surface area is 100.0 Å². The molecule has 0 heterocycles. The second-order valence-corrected chi connectivity index (χ2v) is 4.17. The van der Waals surface area contributed by atoms with E-state index in [1.807, 2.05) is 0 Å². The van der Waals surface area contributed by atoms with Gasteiger partial charge in [0.25, 0.3) is 5.91 Å². The van der Waals surface area contributed by atoms with Gasteiger partial charge in [-0.25, -0.2) is 4.39 Å². The first-order valence-corrected chi connectivity index (χ1v) is 5.22. The summed E-state index contributed by atoms with van der Waals surface area (Å²) in [7, 11) is 0. The molecule has 3 N–H and O–H groups in total. The molecule has 1 saturated carbocycles. The molecule has 1 fully saturated rings. The van der Waals surface area contributed by atoms with Crippen LogP contribution < -0.4 is 11.1 Å². The molecule has 0 spiro atoms. The van der Waals surface area contributed by atoms with E-state index in [0.717, 1.165) is 6.07 Å². The number of hydrogen-bond donors (Lipinski definition) is 2.